The molecule has 3 N–H and O–H groups in total. The van der Waals surface area contributed by atoms with E-state index in [0.29, 0.717) is 16.6 Å². The zero-order valence-corrected chi connectivity index (χ0v) is 13.5. The highest BCUT2D eigenvalue weighted by Crippen LogP contribution is 2.23. The van der Waals surface area contributed by atoms with Crippen molar-refractivity contribution in [3.63, 3.8) is 0 Å². The molecule has 0 saturated carbocycles. The van der Waals surface area contributed by atoms with Gasteiger partial charge < -0.3 is 11.1 Å². The van der Waals surface area contributed by atoms with E-state index in [-0.39, 0.29) is 11.6 Å². The summed E-state index contributed by atoms with van der Waals surface area (Å²) in [6.07, 6.45) is 0. The molecule has 0 aliphatic carbocycles. The average molecular weight is 402 g/mol. The van der Waals surface area contributed by atoms with Gasteiger partial charge >= 0.3 is 0 Å². The Bertz CT molecular complexity index is 662. The van der Waals surface area contributed by atoms with E-state index in [1.54, 1.807) is 0 Å². The molecule has 6 heteroatoms. The van der Waals surface area contributed by atoms with E-state index in [1.165, 1.54) is 12.1 Å². The Kier molecular flexibility index (Phi) is 4.77. The molecule has 104 valence electrons. The van der Waals surface area contributed by atoms with Crippen LogP contribution in [-0.2, 0) is 6.54 Å². The van der Waals surface area contributed by atoms with E-state index < -0.39 is 5.82 Å². The molecule has 20 heavy (non-hydrogen) atoms. The van der Waals surface area contributed by atoms with Crippen LogP contribution in [0.15, 0.2) is 45.3 Å². The first kappa shape index (κ1) is 15.0. The normalized spacial score (nSPS) is 10.3. The van der Waals surface area contributed by atoms with Crippen molar-refractivity contribution in [3.8, 4) is 0 Å². The quantitative estimate of drug-likeness (QED) is 0.767. The molecule has 1 amide bonds. The number of halogens is 3. The van der Waals surface area contributed by atoms with Crippen LogP contribution in [0.3, 0.4) is 0 Å². The summed E-state index contributed by atoms with van der Waals surface area (Å²) in [7, 11) is 0. The number of benzene rings is 2. The standard InChI is InChI=1S/C14H11Br2FN2O/c15-10-4-2-1-3-8(10)7-19-14(20)9-5-13(18)12(17)6-11(9)16/h1-6H,7,18H2,(H,19,20). The first-order chi connectivity index (χ1) is 9.49. The van der Waals surface area contributed by atoms with Crippen LogP contribution >= 0.6 is 31.9 Å². The van der Waals surface area contributed by atoms with E-state index in [4.69, 9.17) is 5.73 Å². The van der Waals surface area contributed by atoms with Gasteiger partial charge in [-0.15, -0.1) is 0 Å². The minimum Gasteiger partial charge on any atom is -0.396 e. The lowest BCUT2D eigenvalue weighted by molar-refractivity contribution is 0.0950. The molecule has 0 unspecified atom stereocenters. The summed E-state index contributed by atoms with van der Waals surface area (Å²) in [5.41, 5.74) is 6.67. The molecule has 0 radical (unpaired) electrons. The Labute approximate surface area is 132 Å². The predicted octanol–water partition coefficient (Wildman–Crippen LogP) is 3.86. The zero-order valence-electron chi connectivity index (χ0n) is 10.3. The summed E-state index contributed by atoms with van der Waals surface area (Å²) < 4.78 is 14.5. The third kappa shape index (κ3) is 3.37. The molecule has 0 fully saturated rings. The second kappa shape index (κ2) is 6.37. The van der Waals surface area contributed by atoms with Crippen molar-refractivity contribution in [2.75, 3.05) is 5.73 Å². The number of anilines is 1. The van der Waals surface area contributed by atoms with Crippen LogP contribution in [0.4, 0.5) is 10.1 Å². The maximum atomic E-state index is 13.2. The summed E-state index contributed by atoms with van der Waals surface area (Å²) >= 11 is 6.57. The number of hydrogen-bond donors (Lipinski definition) is 2. The molecule has 2 aromatic rings. The predicted molar refractivity (Wildman–Crippen MR) is 83.8 cm³/mol. The Hall–Kier alpha value is -1.40. The summed E-state index contributed by atoms with van der Waals surface area (Å²) in [5.74, 6) is -0.876. The topological polar surface area (TPSA) is 55.1 Å². The van der Waals surface area contributed by atoms with Gasteiger partial charge in [-0.3, -0.25) is 4.79 Å². The molecule has 0 spiro atoms. The van der Waals surface area contributed by atoms with Crippen LogP contribution in [0.25, 0.3) is 0 Å². The van der Waals surface area contributed by atoms with E-state index in [0.717, 1.165) is 10.0 Å². The number of nitrogen functional groups attached to an aromatic ring is 1. The van der Waals surface area contributed by atoms with Crippen molar-refractivity contribution in [2.45, 2.75) is 6.54 Å². The third-order valence-corrected chi connectivity index (χ3v) is 4.16. The van der Waals surface area contributed by atoms with Gasteiger partial charge in [0, 0.05) is 15.5 Å². The van der Waals surface area contributed by atoms with Gasteiger partial charge in [0.15, 0.2) is 0 Å². The largest absolute Gasteiger partial charge is 0.396 e. The molecule has 0 aliphatic rings. The number of carbonyl (C=O) groups excluding carboxylic acids is 1. The highest BCUT2D eigenvalue weighted by atomic mass is 79.9. The van der Waals surface area contributed by atoms with Crippen molar-refractivity contribution < 1.29 is 9.18 Å². The van der Waals surface area contributed by atoms with Gasteiger partial charge in [0.25, 0.3) is 5.91 Å². The van der Waals surface area contributed by atoms with Crippen molar-refractivity contribution in [1.29, 1.82) is 0 Å². The Morgan fingerprint density at radius 2 is 1.90 bits per heavy atom. The van der Waals surface area contributed by atoms with Gasteiger partial charge in [-0.25, -0.2) is 4.39 Å². The van der Waals surface area contributed by atoms with Gasteiger partial charge in [0.05, 0.1) is 11.3 Å². The molecular formula is C14H11Br2FN2O. The first-order valence-electron chi connectivity index (χ1n) is 5.75. The van der Waals surface area contributed by atoms with Crippen LogP contribution in [0.1, 0.15) is 15.9 Å². The summed E-state index contributed by atoms with van der Waals surface area (Å²) in [6.45, 7) is 0.365. The number of nitrogens with one attached hydrogen (secondary N) is 1. The van der Waals surface area contributed by atoms with Crippen LogP contribution < -0.4 is 11.1 Å². The fourth-order valence-corrected chi connectivity index (χ4v) is 2.57. The second-order valence-electron chi connectivity index (χ2n) is 4.13. The molecular weight excluding hydrogens is 391 g/mol. The highest BCUT2D eigenvalue weighted by molar-refractivity contribution is 9.10. The molecule has 0 heterocycles. The van der Waals surface area contributed by atoms with Crippen molar-refractivity contribution >= 4 is 43.5 Å². The molecule has 3 nitrogen and oxygen atoms in total. The lowest BCUT2D eigenvalue weighted by atomic mass is 10.1. The number of amides is 1. The molecule has 2 rings (SSSR count). The number of rotatable bonds is 3. The van der Waals surface area contributed by atoms with E-state index >= 15 is 0 Å². The Morgan fingerprint density at radius 3 is 2.60 bits per heavy atom. The summed E-state index contributed by atoms with van der Waals surface area (Å²) in [6, 6.07) is 10.1. The molecule has 0 aliphatic heterocycles. The third-order valence-electron chi connectivity index (χ3n) is 2.73. The van der Waals surface area contributed by atoms with Crippen LogP contribution in [0.5, 0.6) is 0 Å². The van der Waals surface area contributed by atoms with Crippen molar-refractivity contribution in [2.24, 2.45) is 0 Å². The SMILES string of the molecule is Nc1cc(C(=O)NCc2ccccc2Br)c(Br)cc1F. The van der Waals surface area contributed by atoms with E-state index in [2.05, 4.69) is 37.2 Å². The maximum absolute atomic E-state index is 13.2. The smallest absolute Gasteiger partial charge is 0.252 e. The minimum absolute atomic E-state index is 0.0563. The van der Waals surface area contributed by atoms with Crippen LogP contribution in [0.2, 0.25) is 0 Å². The number of nitrogens with two attached hydrogens (primary N) is 1. The molecule has 0 bridgehead atoms. The van der Waals surface area contributed by atoms with Gasteiger partial charge in [-0.05, 0) is 39.7 Å². The van der Waals surface area contributed by atoms with Crippen LogP contribution in [0, 0.1) is 5.82 Å². The monoisotopic (exact) mass is 400 g/mol. The van der Waals surface area contributed by atoms with E-state index in [9.17, 15) is 9.18 Å². The van der Waals surface area contributed by atoms with Gasteiger partial charge in [0.2, 0.25) is 0 Å². The fraction of sp³-hybridized carbons (Fsp3) is 0.0714. The maximum Gasteiger partial charge on any atom is 0.252 e. The zero-order chi connectivity index (χ0) is 14.7. The number of carbonyl (C=O) groups is 1. The molecule has 0 saturated heterocycles. The molecule has 0 aromatic heterocycles. The Morgan fingerprint density at radius 1 is 1.20 bits per heavy atom. The Balaban J connectivity index is 2.13. The fourth-order valence-electron chi connectivity index (χ4n) is 1.65. The second-order valence-corrected chi connectivity index (χ2v) is 5.84. The number of hydrogen-bond acceptors (Lipinski definition) is 2. The lowest BCUT2D eigenvalue weighted by Gasteiger charge is -2.09. The highest BCUT2D eigenvalue weighted by Gasteiger charge is 2.13. The minimum atomic E-state index is -0.556. The molecule has 2 aromatic carbocycles. The van der Waals surface area contributed by atoms with Crippen molar-refractivity contribution in [3.05, 3.63) is 62.3 Å². The van der Waals surface area contributed by atoms with Crippen LogP contribution in [-0.4, -0.2) is 5.91 Å². The lowest BCUT2D eigenvalue weighted by Crippen LogP contribution is -2.23. The van der Waals surface area contributed by atoms with Gasteiger partial charge in [0.1, 0.15) is 5.82 Å². The van der Waals surface area contributed by atoms with Gasteiger partial charge in [-0.1, -0.05) is 34.1 Å². The average Bonchev–Trinajstić information content (AvgIpc) is 2.41. The molecule has 0 atom stereocenters. The summed E-state index contributed by atoms with van der Waals surface area (Å²) in [4.78, 5) is 12.1. The first-order valence-corrected chi connectivity index (χ1v) is 7.33. The van der Waals surface area contributed by atoms with Gasteiger partial charge in [-0.2, -0.15) is 0 Å². The van der Waals surface area contributed by atoms with Crippen molar-refractivity contribution in [1.82, 2.24) is 5.32 Å². The van der Waals surface area contributed by atoms with E-state index in [1.807, 2.05) is 24.3 Å². The summed E-state index contributed by atoms with van der Waals surface area (Å²) in [5, 5.41) is 2.77.